The highest BCUT2D eigenvalue weighted by Gasteiger charge is 2.25. The minimum absolute atomic E-state index is 0.504. The number of hydrogen-bond donors (Lipinski definition) is 0. The summed E-state index contributed by atoms with van der Waals surface area (Å²) in [6.07, 6.45) is 4.08. The van der Waals surface area contributed by atoms with Crippen molar-refractivity contribution in [2.45, 2.75) is 50.7 Å². The van der Waals surface area contributed by atoms with Crippen molar-refractivity contribution >= 4 is 8.80 Å². The largest absolute Gasteiger partial charge is 0.0680 e. The zero-order chi connectivity index (χ0) is 14.7. The van der Waals surface area contributed by atoms with Crippen molar-refractivity contribution in [2.24, 2.45) is 0 Å². The lowest BCUT2D eigenvalue weighted by molar-refractivity contribution is 0.665. The van der Waals surface area contributed by atoms with E-state index in [1.54, 1.807) is 11.1 Å². The summed E-state index contributed by atoms with van der Waals surface area (Å²) in [7, 11) is -0.504. The van der Waals surface area contributed by atoms with Gasteiger partial charge in [-0.3, -0.25) is 0 Å². The minimum atomic E-state index is -0.504. The summed E-state index contributed by atoms with van der Waals surface area (Å²) in [6, 6.07) is 20.9. The Bertz CT molecular complexity index is 584. The molecule has 0 N–H and O–H groups in total. The lowest BCUT2D eigenvalue weighted by Crippen LogP contribution is -2.24. The van der Waals surface area contributed by atoms with Gasteiger partial charge in [-0.2, -0.15) is 0 Å². The van der Waals surface area contributed by atoms with Gasteiger partial charge in [0, 0.05) is 8.80 Å². The van der Waals surface area contributed by atoms with E-state index in [1.807, 2.05) is 0 Å². The van der Waals surface area contributed by atoms with Gasteiger partial charge in [0.15, 0.2) is 0 Å². The molecule has 3 rings (SSSR count). The molecular weight excluding hydrogens is 268 g/mol. The SMILES string of the molecule is CC[SiH](CC)[C@H]1CCc2cc(-c3ccccc3)ccc2C1. The first kappa shape index (κ1) is 14.6. The first-order valence-electron chi connectivity index (χ1n) is 8.49. The summed E-state index contributed by atoms with van der Waals surface area (Å²) in [5.41, 5.74) is 7.00. The van der Waals surface area contributed by atoms with Gasteiger partial charge < -0.3 is 0 Å². The van der Waals surface area contributed by atoms with Gasteiger partial charge in [0.1, 0.15) is 0 Å². The van der Waals surface area contributed by atoms with Crippen molar-refractivity contribution in [3.8, 4) is 11.1 Å². The van der Waals surface area contributed by atoms with E-state index in [4.69, 9.17) is 0 Å². The van der Waals surface area contributed by atoms with E-state index in [2.05, 4.69) is 62.4 Å². The van der Waals surface area contributed by atoms with Crippen LogP contribution in [0.3, 0.4) is 0 Å². The lowest BCUT2D eigenvalue weighted by Gasteiger charge is -2.30. The highest BCUT2D eigenvalue weighted by atomic mass is 28.3. The van der Waals surface area contributed by atoms with Crippen molar-refractivity contribution in [1.29, 1.82) is 0 Å². The van der Waals surface area contributed by atoms with Crippen molar-refractivity contribution in [3.05, 3.63) is 59.7 Å². The third-order valence-electron chi connectivity index (χ3n) is 5.30. The molecule has 0 amide bonds. The summed E-state index contributed by atoms with van der Waals surface area (Å²) < 4.78 is 0. The van der Waals surface area contributed by atoms with Gasteiger partial charge >= 0.3 is 0 Å². The molecular formula is C20H26Si. The molecule has 1 aliphatic carbocycles. The highest BCUT2D eigenvalue weighted by Crippen LogP contribution is 2.35. The van der Waals surface area contributed by atoms with Crippen LogP contribution in [0.25, 0.3) is 11.1 Å². The molecule has 2 aromatic rings. The average Bonchev–Trinajstić information content (AvgIpc) is 2.56. The van der Waals surface area contributed by atoms with Gasteiger partial charge in [-0.15, -0.1) is 0 Å². The Kier molecular flexibility index (Phi) is 4.59. The minimum Gasteiger partial charge on any atom is -0.0680 e. The molecule has 0 aromatic heterocycles. The van der Waals surface area contributed by atoms with Crippen molar-refractivity contribution < 1.29 is 0 Å². The van der Waals surface area contributed by atoms with Crippen LogP contribution in [0, 0.1) is 0 Å². The topological polar surface area (TPSA) is 0 Å². The predicted octanol–water partition coefficient (Wildman–Crippen LogP) is 5.48. The zero-order valence-corrected chi connectivity index (χ0v) is 14.5. The van der Waals surface area contributed by atoms with Crippen LogP contribution in [0.5, 0.6) is 0 Å². The second-order valence-electron chi connectivity index (χ2n) is 6.43. The summed E-state index contributed by atoms with van der Waals surface area (Å²) in [5, 5.41) is 0. The lowest BCUT2D eigenvalue weighted by atomic mass is 9.88. The molecule has 0 heterocycles. The normalized spacial score (nSPS) is 17.8. The second kappa shape index (κ2) is 6.61. The maximum Gasteiger partial charge on any atom is 0.0397 e. The van der Waals surface area contributed by atoms with Crippen LogP contribution in [-0.2, 0) is 12.8 Å². The number of rotatable bonds is 4. The molecule has 0 saturated heterocycles. The molecule has 0 aliphatic heterocycles. The molecule has 1 aliphatic rings. The van der Waals surface area contributed by atoms with E-state index in [1.165, 1.54) is 42.5 Å². The Balaban J connectivity index is 1.83. The van der Waals surface area contributed by atoms with E-state index >= 15 is 0 Å². The third kappa shape index (κ3) is 3.13. The van der Waals surface area contributed by atoms with Crippen molar-refractivity contribution in [3.63, 3.8) is 0 Å². The summed E-state index contributed by atoms with van der Waals surface area (Å²) in [6.45, 7) is 4.82. The van der Waals surface area contributed by atoms with Gasteiger partial charge in [-0.1, -0.05) is 74.5 Å². The van der Waals surface area contributed by atoms with Crippen LogP contribution in [-0.4, -0.2) is 8.80 Å². The first-order chi connectivity index (χ1) is 10.3. The van der Waals surface area contributed by atoms with Gasteiger partial charge in [-0.25, -0.2) is 0 Å². The van der Waals surface area contributed by atoms with E-state index in [0.29, 0.717) is 0 Å². The van der Waals surface area contributed by atoms with Crippen LogP contribution < -0.4 is 0 Å². The molecule has 1 atom stereocenters. The van der Waals surface area contributed by atoms with E-state index < -0.39 is 8.80 Å². The Morgan fingerprint density at radius 2 is 1.67 bits per heavy atom. The van der Waals surface area contributed by atoms with Gasteiger partial charge in [0.25, 0.3) is 0 Å². The molecule has 110 valence electrons. The summed E-state index contributed by atoms with van der Waals surface area (Å²) in [5.74, 6) is 0. The van der Waals surface area contributed by atoms with Gasteiger partial charge in [0.2, 0.25) is 0 Å². The van der Waals surface area contributed by atoms with Crippen LogP contribution in [0.1, 0.15) is 31.4 Å². The standard InChI is InChI=1S/C20H26Si/c1-3-21(4-2)20-13-12-18-14-17(10-11-19(18)15-20)16-8-6-5-7-9-16/h5-11,14,20-21H,3-4,12-13,15H2,1-2H3/t20-/m0/s1. The van der Waals surface area contributed by atoms with Crippen LogP contribution in [0.15, 0.2) is 48.5 Å². The number of hydrogen-bond acceptors (Lipinski definition) is 0. The van der Waals surface area contributed by atoms with Crippen molar-refractivity contribution in [1.82, 2.24) is 0 Å². The van der Waals surface area contributed by atoms with Crippen LogP contribution >= 0.6 is 0 Å². The highest BCUT2D eigenvalue weighted by molar-refractivity contribution is 6.60. The molecule has 0 radical (unpaired) electrons. The fraction of sp³-hybridized carbons (Fsp3) is 0.400. The Morgan fingerprint density at radius 1 is 0.905 bits per heavy atom. The van der Waals surface area contributed by atoms with Crippen molar-refractivity contribution in [2.75, 3.05) is 0 Å². The fourth-order valence-electron chi connectivity index (χ4n) is 3.95. The van der Waals surface area contributed by atoms with Gasteiger partial charge in [-0.05, 0) is 47.1 Å². The number of aryl methyl sites for hydroxylation is 1. The predicted molar refractivity (Wildman–Crippen MR) is 95.8 cm³/mol. The molecule has 0 bridgehead atoms. The summed E-state index contributed by atoms with van der Waals surface area (Å²) in [4.78, 5) is 0. The van der Waals surface area contributed by atoms with Crippen LogP contribution in [0.2, 0.25) is 17.6 Å². The average molecular weight is 295 g/mol. The Morgan fingerprint density at radius 3 is 2.38 bits per heavy atom. The molecule has 2 aromatic carbocycles. The zero-order valence-electron chi connectivity index (χ0n) is 13.3. The van der Waals surface area contributed by atoms with Crippen LogP contribution in [0.4, 0.5) is 0 Å². The molecule has 1 heteroatoms. The molecule has 0 unspecified atom stereocenters. The molecule has 0 saturated carbocycles. The molecule has 0 nitrogen and oxygen atoms in total. The Hall–Kier alpha value is -1.34. The molecule has 21 heavy (non-hydrogen) atoms. The maximum absolute atomic E-state index is 2.44. The molecule has 0 spiro atoms. The second-order valence-corrected chi connectivity index (χ2v) is 10.5. The molecule has 0 fully saturated rings. The third-order valence-corrected chi connectivity index (χ3v) is 9.30. The van der Waals surface area contributed by atoms with Gasteiger partial charge in [0.05, 0.1) is 0 Å². The first-order valence-corrected chi connectivity index (χ1v) is 10.8. The fourth-order valence-corrected chi connectivity index (χ4v) is 7.09. The maximum atomic E-state index is 2.44. The van der Waals surface area contributed by atoms with E-state index in [9.17, 15) is 0 Å². The number of benzene rings is 2. The number of fused-ring (bicyclic) bond motifs is 1. The van der Waals surface area contributed by atoms with E-state index in [0.717, 1.165) is 5.54 Å². The van der Waals surface area contributed by atoms with E-state index in [-0.39, 0.29) is 0 Å². The smallest absolute Gasteiger partial charge is 0.0397 e. The Labute approximate surface area is 130 Å². The quantitative estimate of drug-likeness (QED) is 0.655. The summed E-state index contributed by atoms with van der Waals surface area (Å²) >= 11 is 0. The monoisotopic (exact) mass is 294 g/mol.